The third-order valence-corrected chi connectivity index (χ3v) is 4.43. The van der Waals surface area contributed by atoms with Crippen LogP contribution in [-0.2, 0) is 11.3 Å². The Morgan fingerprint density at radius 1 is 0.933 bits per heavy atom. The molecule has 0 aliphatic heterocycles. The molecular formula is C24H23N3O3. The molecule has 0 saturated carbocycles. The molecule has 6 nitrogen and oxygen atoms in total. The summed E-state index contributed by atoms with van der Waals surface area (Å²) in [4.78, 5) is 11.4. The van der Waals surface area contributed by atoms with Crippen LogP contribution < -0.4 is 15.4 Å². The molecule has 2 N–H and O–H groups in total. The smallest absolute Gasteiger partial charge is 0.337 e. The van der Waals surface area contributed by atoms with E-state index in [4.69, 9.17) is 4.74 Å². The Kier molecular flexibility index (Phi) is 7.28. The Hall–Kier alpha value is -3.98. The maximum absolute atomic E-state index is 11.4. The lowest BCUT2D eigenvalue weighted by atomic mass is 10.2. The molecule has 0 aliphatic rings. The lowest BCUT2D eigenvalue weighted by Crippen LogP contribution is -2.14. The summed E-state index contributed by atoms with van der Waals surface area (Å²) in [5.74, 6) is 0.212. The number of hydrogen-bond donors (Lipinski definition) is 2. The standard InChI is InChI=1S/C24H23N3O3/c1-29-24(28)19-7-9-21(10-8-19)26-13-14-27-22-11-12-23(20(15-22)16-25)30-17-18-5-3-2-4-6-18/h2-12,15,26-27H,13-14,17H2,1H3. The number of nitrogens with zero attached hydrogens (tertiary/aromatic N) is 1. The largest absolute Gasteiger partial charge is 0.488 e. The highest BCUT2D eigenvalue weighted by Crippen LogP contribution is 2.23. The number of hydrogen-bond acceptors (Lipinski definition) is 6. The second-order valence-corrected chi connectivity index (χ2v) is 6.52. The van der Waals surface area contributed by atoms with Gasteiger partial charge in [-0.05, 0) is 48.0 Å². The Labute approximate surface area is 176 Å². The van der Waals surface area contributed by atoms with Gasteiger partial charge in [0, 0.05) is 24.5 Å². The van der Waals surface area contributed by atoms with Crippen molar-refractivity contribution in [3.8, 4) is 11.8 Å². The van der Waals surface area contributed by atoms with Crippen molar-refractivity contribution in [1.29, 1.82) is 5.26 Å². The number of methoxy groups -OCH3 is 1. The summed E-state index contributed by atoms with van der Waals surface area (Å²) in [5.41, 5.74) is 3.81. The van der Waals surface area contributed by atoms with Crippen LogP contribution in [0.15, 0.2) is 72.8 Å². The highest BCUT2D eigenvalue weighted by atomic mass is 16.5. The van der Waals surface area contributed by atoms with E-state index in [2.05, 4.69) is 21.4 Å². The zero-order valence-corrected chi connectivity index (χ0v) is 16.7. The molecule has 0 bridgehead atoms. The monoisotopic (exact) mass is 401 g/mol. The number of ether oxygens (including phenoxy) is 2. The average Bonchev–Trinajstić information content (AvgIpc) is 2.81. The molecule has 3 aromatic carbocycles. The van der Waals surface area contributed by atoms with Gasteiger partial charge in [-0.15, -0.1) is 0 Å². The third-order valence-electron chi connectivity index (χ3n) is 4.43. The number of nitriles is 1. The molecule has 0 radical (unpaired) electrons. The normalized spacial score (nSPS) is 10.0. The Morgan fingerprint density at radius 3 is 2.27 bits per heavy atom. The highest BCUT2D eigenvalue weighted by molar-refractivity contribution is 5.89. The van der Waals surface area contributed by atoms with Gasteiger partial charge in [0.05, 0.1) is 18.2 Å². The first-order valence-electron chi connectivity index (χ1n) is 9.56. The second kappa shape index (κ2) is 10.5. The average molecular weight is 401 g/mol. The summed E-state index contributed by atoms with van der Waals surface area (Å²) < 4.78 is 10.5. The van der Waals surface area contributed by atoms with Crippen molar-refractivity contribution >= 4 is 17.3 Å². The summed E-state index contributed by atoms with van der Waals surface area (Å²) in [7, 11) is 1.36. The van der Waals surface area contributed by atoms with Gasteiger partial charge >= 0.3 is 5.97 Å². The minimum absolute atomic E-state index is 0.354. The van der Waals surface area contributed by atoms with Crippen LogP contribution in [0.4, 0.5) is 11.4 Å². The molecule has 0 spiro atoms. The molecule has 0 heterocycles. The van der Waals surface area contributed by atoms with Crippen molar-refractivity contribution in [3.05, 3.63) is 89.5 Å². The molecule has 0 amide bonds. The molecule has 0 aliphatic carbocycles. The van der Waals surface area contributed by atoms with E-state index in [0.29, 0.717) is 36.6 Å². The molecule has 0 saturated heterocycles. The predicted octanol–water partition coefficient (Wildman–Crippen LogP) is 4.45. The van der Waals surface area contributed by atoms with Crippen molar-refractivity contribution in [2.24, 2.45) is 0 Å². The van der Waals surface area contributed by atoms with Gasteiger partial charge in [-0.3, -0.25) is 0 Å². The number of benzene rings is 3. The molecular weight excluding hydrogens is 378 g/mol. The SMILES string of the molecule is COC(=O)c1ccc(NCCNc2ccc(OCc3ccccc3)c(C#N)c2)cc1. The molecule has 152 valence electrons. The lowest BCUT2D eigenvalue weighted by molar-refractivity contribution is 0.0601. The number of esters is 1. The van der Waals surface area contributed by atoms with Crippen LogP contribution in [0, 0.1) is 11.3 Å². The highest BCUT2D eigenvalue weighted by Gasteiger charge is 2.06. The fourth-order valence-corrected chi connectivity index (χ4v) is 2.84. The van der Waals surface area contributed by atoms with Gasteiger partial charge in [-0.1, -0.05) is 30.3 Å². The van der Waals surface area contributed by atoms with E-state index >= 15 is 0 Å². The fraction of sp³-hybridized carbons (Fsp3) is 0.167. The maximum atomic E-state index is 11.4. The van der Waals surface area contributed by atoms with Crippen molar-refractivity contribution in [3.63, 3.8) is 0 Å². The van der Waals surface area contributed by atoms with Crippen LogP contribution in [0.25, 0.3) is 0 Å². The topological polar surface area (TPSA) is 83.4 Å². The fourth-order valence-electron chi connectivity index (χ4n) is 2.84. The van der Waals surface area contributed by atoms with Gasteiger partial charge in [-0.25, -0.2) is 4.79 Å². The lowest BCUT2D eigenvalue weighted by Gasteiger charge is -2.12. The van der Waals surface area contributed by atoms with Crippen LogP contribution in [0.1, 0.15) is 21.5 Å². The number of anilines is 2. The quantitative estimate of drug-likeness (QED) is 0.407. The summed E-state index contributed by atoms with van der Waals surface area (Å²) in [6.45, 7) is 1.75. The van der Waals surface area contributed by atoms with E-state index in [1.54, 1.807) is 18.2 Å². The zero-order chi connectivity index (χ0) is 21.2. The third kappa shape index (κ3) is 5.76. The van der Waals surface area contributed by atoms with Crippen LogP contribution in [0.5, 0.6) is 5.75 Å². The Bertz CT molecular complexity index is 1010. The van der Waals surface area contributed by atoms with Gasteiger partial charge in [0.15, 0.2) is 0 Å². The van der Waals surface area contributed by atoms with Gasteiger partial charge in [-0.2, -0.15) is 5.26 Å². The number of nitrogens with one attached hydrogen (secondary N) is 2. The van der Waals surface area contributed by atoms with E-state index in [0.717, 1.165) is 16.9 Å². The Morgan fingerprint density at radius 2 is 1.60 bits per heavy atom. The summed E-state index contributed by atoms with van der Waals surface area (Å²) >= 11 is 0. The summed E-state index contributed by atoms with van der Waals surface area (Å²) in [6.07, 6.45) is 0. The second-order valence-electron chi connectivity index (χ2n) is 6.52. The predicted molar refractivity (Wildman–Crippen MR) is 117 cm³/mol. The van der Waals surface area contributed by atoms with E-state index < -0.39 is 0 Å². The molecule has 30 heavy (non-hydrogen) atoms. The van der Waals surface area contributed by atoms with Crippen molar-refractivity contribution < 1.29 is 14.3 Å². The van der Waals surface area contributed by atoms with Crippen LogP contribution >= 0.6 is 0 Å². The van der Waals surface area contributed by atoms with Crippen molar-refractivity contribution in [2.45, 2.75) is 6.61 Å². The first kappa shape index (κ1) is 20.7. The molecule has 3 rings (SSSR count). The molecule has 0 fully saturated rings. The first-order valence-corrected chi connectivity index (χ1v) is 9.56. The van der Waals surface area contributed by atoms with Crippen molar-refractivity contribution in [1.82, 2.24) is 0 Å². The summed E-state index contributed by atoms with van der Waals surface area (Å²) in [6, 6.07) is 24.6. The van der Waals surface area contributed by atoms with Gasteiger partial charge in [0.25, 0.3) is 0 Å². The van der Waals surface area contributed by atoms with Crippen LogP contribution in [-0.4, -0.2) is 26.2 Å². The van der Waals surface area contributed by atoms with E-state index in [9.17, 15) is 10.1 Å². The molecule has 0 atom stereocenters. The van der Waals surface area contributed by atoms with E-state index in [1.807, 2.05) is 54.6 Å². The van der Waals surface area contributed by atoms with Gasteiger partial charge in [0.2, 0.25) is 0 Å². The minimum atomic E-state index is -0.354. The minimum Gasteiger partial charge on any atom is -0.488 e. The van der Waals surface area contributed by atoms with E-state index in [1.165, 1.54) is 7.11 Å². The number of carbonyl (C=O) groups is 1. The van der Waals surface area contributed by atoms with Crippen molar-refractivity contribution in [2.75, 3.05) is 30.8 Å². The van der Waals surface area contributed by atoms with Gasteiger partial charge < -0.3 is 20.1 Å². The zero-order valence-electron chi connectivity index (χ0n) is 16.7. The number of carbonyl (C=O) groups excluding carboxylic acids is 1. The Balaban J connectivity index is 1.48. The molecule has 0 unspecified atom stereocenters. The molecule has 0 aromatic heterocycles. The van der Waals surface area contributed by atoms with Crippen LogP contribution in [0.2, 0.25) is 0 Å². The van der Waals surface area contributed by atoms with Gasteiger partial charge in [0.1, 0.15) is 18.4 Å². The molecule has 3 aromatic rings. The van der Waals surface area contributed by atoms with Crippen LogP contribution in [0.3, 0.4) is 0 Å². The number of rotatable bonds is 9. The summed E-state index contributed by atoms with van der Waals surface area (Å²) in [5, 5.41) is 16.0. The van der Waals surface area contributed by atoms with E-state index in [-0.39, 0.29) is 5.97 Å². The first-order chi connectivity index (χ1) is 14.7. The maximum Gasteiger partial charge on any atom is 0.337 e. The molecule has 6 heteroatoms.